The lowest BCUT2D eigenvalue weighted by atomic mass is 9.97. The van der Waals surface area contributed by atoms with E-state index in [-0.39, 0.29) is 16.7 Å². The molecule has 31 heavy (non-hydrogen) atoms. The molecule has 3 rings (SSSR count). The average Bonchev–Trinajstić information content (AvgIpc) is 2.78. The lowest BCUT2D eigenvalue weighted by Gasteiger charge is -2.30. The predicted molar refractivity (Wildman–Crippen MR) is 120 cm³/mol. The van der Waals surface area contributed by atoms with Crippen LogP contribution in [0.1, 0.15) is 33.1 Å². The fraction of sp³-hybridized carbons (Fsp3) is 0.435. The number of nitrogens with zero attached hydrogens (tertiary/aromatic N) is 1. The van der Waals surface area contributed by atoms with Gasteiger partial charge in [-0.2, -0.15) is 4.31 Å². The topological polar surface area (TPSA) is 84.9 Å². The van der Waals surface area contributed by atoms with E-state index in [1.807, 2.05) is 32.0 Å². The minimum absolute atomic E-state index is 0.0919. The van der Waals surface area contributed by atoms with E-state index in [0.29, 0.717) is 50.6 Å². The summed E-state index contributed by atoms with van der Waals surface area (Å²) in [6.07, 6.45) is 1.87. The van der Waals surface area contributed by atoms with Crippen LogP contribution in [0.5, 0.6) is 11.5 Å². The second-order valence-corrected chi connectivity index (χ2v) is 9.39. The Morgan fingerprint density at radius 1 is 1.03 bits per heavy atom. The monoisotopic (exact) mass is 446 g/mol. The van der Waals surface area contributed by atoms with Gasteiger partial charge in [0, 0.05) is 30.8 Å². The fourth-order valence-corrected chi connectivity index (χ4v) is 4.98. The number of nitrogens with one attached hydrogen (secondary N) is 1. The van der Waals surface area contributed by atoms with E-state index >= 15 is 0 Å². The third-order valence-electron chi connectivity index (χ3n) is 5.17. The van der Waals surface area contributed by atoms with Crippen LogP contribution >= 0.6 is 0 Å². The van der Waals surface area contributed by atoms with Gasteiger partial charge in [0.15, 0.2) is 0 Å². The zero-order chi connectivity index (χ0) is 22.3. The number of hydrogen-bond acceptors (Lipinski definition) is 5. The maximum atomic E-state index is 12.9. The standard InChI is InChI=1S/C23H30N2O5S/c1-3-16-30-21-7-5-6-19(17-21)24-23(26)18-12-14-25(15-13-18)31(27,28)22-10-8-20(9-11-22)29-4-2/h5-11,17-18H,3-4,12-16H2,1-2H3,(H,24,26). The summed E-state index contributed by atoms with van der Waals surface area (Å²) >= 11 is 0. The van der Waals surface area contributed by atoms with Crippen LogP contribution in [0.25, 0.3) is 0 Å². The second-order valence-electron chi connectivity index (χ2n) is 7.45. The SMILES string of the molecule is CCCOc1cccc(NC(=O)C2CCN(S(=O)(=O)c3ccc(OCC)cc3)CC2)c1. The van der Waals surface area contributed by atoms with Crippen molar-refractivity contribution in [3.63, 3.8) is 0 Å². The van der Waals surface area contributed by atoms with Crippen molar-refractivity contribution in [2.24, 2.45) is 5.92 Å². The zero-order valence-electron chi connectivity index (χ0n) is 18.0. The average molecular weight is 447 g/mol. The number of amides is 1. The van der Waals surface area contributed by atoms with Gasteiger partial charge in [0.1, 0.15) is 11.5 Å². The molecule has 1 amide bonds. The van der Waals surface area contributed by atoms with Gasteiger partial charge >= 0.3 is 0 Å². The van der Waals surface area contributed by atoms with Gasteiger partial charge in [-0.3, -0.25) is 4.79 Å². The molecular weight excluding hydrogens is 416 g/mol. The molecule has 1 heterocycles. The second kappa shape index (κ2) is 10.6. The van der Waals surface area contributed by atoms with Crippen LogP contribution in [0.4, 0.5) is 5.69 Å². The Labute approximate surface area is 184 Å². The highest BCUT2D eigenvalue weighted by Gasteiger charge is 2.32. The molecule has 8 heteroatoms. The first-order valence-electron chi connectivity index (χ1n) is 10.7. The first kappa shape index (κ1) is 23.1. The van der Waals surface area contributed by atoms with Crippen molar-refractivity contribution >= 4 is 21.6 Å². The summed E-state index contributed by atoms with van der Waals surface area (Å²) in [5.74, 6) is 1.04. The van der Waals surface area contributed by atoms with E-state index in [9.17, 15) is 13.2 Å². The summed E-state index contributed by atoms with van der Waals surface area (Å²) in [5.41, 5.74) is 0.683. The number of ether oxygens (including phenoxy) is 2. The van der Waals surface area contributed by atoms with Gasteiger partial charge in [-0.15, -0.1) is 0 Å². The van der Waals surface area contributed by atoms with Crippen molar-refractivity contribution in [3.8, 4) is 11.5 Å². The van der Waals surface area contributed by atoms with Crippen molar-refractivity contribution in [1.82, 2.24) is 4.31 Å². The van der Waals surface area contributed by atoms with Crippen molar-refractivity contribution in [1.29, 1.82) is 0 Å². The molecular formula is C23H30N2O5S. The molecule has 0 aliphatic carbocycles. The number of benzene rings is 2. The molecule has 1 fully saturated rings. The van der Waals surface area contributed by atoms with E-state index in [1.54, 1.807) is 30.3 Å². The lowest BCUT2D eigenvalue weighted by molar-refractivity contribution is -0.120. The minimum atomic E-state index is -3.59. The Morgan fingerprint density at radius 3 is 2.39 bits per heavy atom. The molecule has 1 aliphatic heterocycles. The van der Waals surface area contributed by atoms with E-state index in [1.165, 1.54) is 4.31 Å². The van der Waals surface area contributed by atoms with Gasteiger partial charge in [0.05, 0.1) is 18.1 Å². The van der Waals surface area contributed by atoms with E-state index < -0.39 is 10.0 Å². The number of piperidine rings is 1. The largest absolute Gasteiger partial charge is 0.494 e. The summed E-state index contributed by atoms with van der Waals surface area (Å²) in [6, 6.07) is 13.8. The third-order valence-corrected chi connectivity index (χ3v) is 7.08. The van der Waals surface area contributed by atoms with Crippen LogP contribution in [0.2, 0.25) is 0 Å². The molecule has 1 N–H and O–H groups in total. The van der Waals surface area contributed by atoms with Gasteiger partial charge in [-0.25, -0.2) is 8.42 Å². The Bertz CT molecular complexity index is 968. The van der Waals surface area contributed by atoms with E-state index in [2.05, 4.69) is 5.32 Å². The fourth-order valence-electron chi connectivity index (χ4n) is 3.51. The normalized spacial score (nSPS) is 15.4. The molecule has 168 valence electrons. The quantitative estimate of drug-likeness (QED) is 0.631. The Hall–Kier alpha value is -2.58. The summed E-state index contributed by atoms with van der Waals surface area (Å²) in [5, 5.41) is 2.93. The molecule has 0 atom stereocenters. The maximum absolute atomic E-state index is 12.9. The third kappa shape index (κ3) is 5.98. The predicted octanol–water partition coefficient (Wildman–Crippen LogP) is 3.91. The smallest absolute Gasteiger partial charge is 0.243 e. The van der Waals surface area contributed by atoms with Gasteiger partial charge < -0.3 is 14.8 Å². The summed E-state index contributed by atoms with van der Waals surface area (Å²) < 4.78 is 38.3. The number of sulfonamides is 1. The molecule has 2 aromatic rings. The lowest BCUT2D eigenvalue weighted by Crippen LogP contribution is -2.41. The molecule has 0 radical (unpaired) electrons. The molecule has 0 saturated carbocycles. The Morgan fingerprint density at radius 2 is 1.74 bits per heavy atom. The highest BCUT2D eigenvalue weighted by Crippen LogP contribution is 2.26. The molecule has 1 saturated heterocycles. The molecule has 2 aromatic carbocycles. The number of hydrogen-bond donors (Lipinski definition) is 1. The van der Waals surface area contributed by atoms with Gasteiger partial charge in [0.2, 0.25) is 15.9 Å². The highest BCUT2D eigenvalue weighted by atomic mass is 32.2. The first-order chi connectivity index (χ1) is 14.9. The molecule has 1 aliphatic rings. The first-order valence-corrected chi connectivity index (χ1v) is 12.1. The number of carbonyl (C=O) groups excluding carboxylic acids is 1. The van der Waals surface area contributed by atoms with Gasteiger partial charge in [-0.1, -0.05) is 13.0 Å². The molecule has 7 nitrogen and oxygen atoms in total. The van der Waals surface area contributed by atoms with Crippen LogP contribution in [-0.4, -0.2) is 44.9 Å². The molecule has 0 bridgehead atoms. The van der Waals surface area contributed by atoms with Crippen LogP contribution in [-0.2, 0) is 14.8 Å². The Kier molecular flexibility index (Phi) is 7.92. The van der Waals surface area contributed by atoms with E-state index in [4.69, 9.17) is 9.47 Å². The number of anilines is 1. The summed E-state index contributed by atoms with van der Waals surface area (Å²) in [4.78, 5) is 12.9. The summed E-state index contributed by atoms with van der Waals surface area (Å²) in [6.45, 7) is 5.69. The molecule has 0 unspecified atom stereocenters. The van der Waals surface area contributed by atoms with Crippen molar-refractivity contribution < 1.29 is 22.7 Å². The highest BCUT2D eigenvalue weighted by molar-refractivity contribution is 7.89. The molecule has 0 aromatic heterocycles. The van der Waals surface area contributed by atoms with Gasteiger partial charge in [0.25, 0.3) is 0 Å². The van der Waals surface area contributed by atoms with Crippen LogP contribution in [0.3, 0.4) is 0 Å². The van der Waals surface area contributed by atoms with Crippen molar-refractivity contribution in [2.45, 2.75) is 38.0 Å². The van der Waals surface area contributed by atoms with Gasteiger partial charge in [-0.05, 0) is 62.6 Å². The van der Waals surface area contributed by atoms with Crippen molar-refractivity contribution in [3.05, 3.63) is 48.5 Å². The maximum Gasteiger partial charge on any atom is 0.243 e. The van der Waals surface area contributed by atoms with Crippen LogP contribution < -0.4 is 14.8 Å². The molecule has 0 spiro atoms. The number of rotatable bonds is 9. The van der Waals surface area contributed by atoms with Crippen LogP contribution in [0, 0.1) is 5.92 Å². The zero-order valence-corrected chi connectivity index (χ0v) is 18.9. The number of carbonyl (C=O) groups is 1. The van der Waals surface area contributed by atoms with Crippen LogP contribution in [0.15, 0.2) is 53.4 Å². The van der Waals surface area contributed by atoms with Crippen molar-refractivity contribution in [2.75, 3.05) is 31.6 Å². The summed E-state index contributed by atoms with van der Waals surface area (Å²) in [7, 11) is -3.59. The Balaban J connectivity index is 1.56. The minimum Gasteiger partial charge on any atom is -0.494 e. The van der Waals surface area contributed by atoms with E-state index in [0.717, 1.165) is 12.2 Å².